The zero-order chi connectivity index (χ0) is 23.9. The number of piperazine rings is 1. The highest BCUT2D eigenvalue weighted by atomic mass is 35.5. The van der Waals surface area contributed by atoms with Crippen molar-refractivity contribution in [2.24, 2.45) is 4.99 Å². The second-order valence-corrected chi connectivity index (χ2v) is 9.44. The van der Waals surface area contributed by atoms with E-state index in [-0.39, 0.29) is 11.8 Å². The van der Waals surface area contributed by atoms with E-state index in [1.165, 1.54) is 0 Å². The van der Waals surface area contributed by atoms with Crippen LogP contribution in [0.15, 0.2) is 65.3 Å². The van der Waals surface area contributed by atoms with Gasteiger partial charge in [0.25, 0.3) is 11.8 Å². The number of aliphatic imine (C=N–C) groups is 1. The van der Waals surface area contributed by atoms with E-state index in [0.717, 1.165) is 24.2 Å². The monoisotopic (exact) mass is 475 g/mol. The molecular formula is C26H26ClN5O2. The summed E-state index contributed by atoms with van der Waals surface area (Å²) in [5, 5.41) is 6.99. The van der Waals surface area contributed by atoms with Crippen molar-refractivity contribution >= 4 is 46.6 Å². The van der Waals surface area contributed by atoms with Crippen molar-refractivity contribution in [2.75, 3.05) is 38.5 Å². The maximum Gasteiger partial charge on any atom is 0.258 e. The number of nitrogens with zero attached hydrogens (tertiary/aromatic N) is 3. The molecule has 0 saturated carbocycles. The molecule has 2 N–H and O–H groups in total. The first kappa shape index (κ1) is 22.4. The quantitative estimate of drug-likeness (QED) is 0.665. The van der Waals surface area contributed by atoms with Crippen LogP contribution in [0.25, 0.3) is 11.3 Å². The van der Waals surface area contributed by atoms with Crippen LogP contribution in [0.5, 0.6) is 0 Å². The number of hydrogen-bond donors (Lipinski definition) is 2. The van der Waals surface area contributed by atoms with Crippen LogP contribution in [-0.2, 0) is 9.59 Å². The number of benzene rings is 2. The van der Waals surface area contributed by atoms with Crippen molar-refractivity contribution in [3.05, 3.63) is 76.5 Å². The van der Waals surface area contributed by atoms with Gasteiger partial charge in [0.15, 0.2) is 0 Å². The molecule has 2 aromatic rings. The summed E-state index contributed by atoms with van der Waals surface area (Å²) in [5.41, 5.74) is 3.07. The van der Waals surface area contributed by atoms with Crippen LogP contribution in [0, 0.1) is 0 Å². The van der Waals surface area contributed by atoms with E-state index < -0.39 is 5.54 Å². The number of rotatable bonds is 4. The number of carbonyl (C=O) groups excluding carboxylic acids is 2. The van der Waals surface area contributed by atoms with E-state index in [2.05, 4.69) is 27.6 Å². The molecule has 7 nitrogen and oxygen atoms in total. The van der Waals surface area contributed by atoms with Crippen molar-refractivity contribution in [3.63, 3.8) is 0 Å². The summed E-state index contributed by atoms with van der Waals surface area (Å²) in [6.07, 6.45) is 3.36. The lowest BCUT2D eigenvalue weighted by atomic mass is 9.91. The minimum absolute atomic E-state index is 0.0407. The van der Waals surface area contributed by atoms with Gasteiger partial charge in [0, 0.05) is 49.2 Å². The van der Waals surface area contributed by atoms with E-state index >= 15 is 0 Å². The Hall–Kier alpha value is -3.42. The summed E-state index contributed by atoms with van der Waals surface area (Å²) in [6, 6.07) is 15.0. The second kappa shape index (κ2) is 8.74. The molecule has 0 spiro atoms. The van der Waals surface area contributed by atoms with Crippen LogP contribution >= 0.6 is 11.6 Å². The van der Waals surface area contributed by atoms with Gasteiger partial charge in [-0.1, -0.05) is 48.0 Å². The highest BCUT2D eigenvalue weighted by Crippen LogP contribution is 2.39. The lowest BCUT2D eigenvalue weighted by Crippen LogP contribution is -2.52. The van der Waals surface area contributed by atoms with Gasteiger partial charge in [-0.15, -0.1) is 0 Å². The number of fused-ring (bicyclic) bond motifs is 1. The predicted molar refractivity (Wildman–Crippen MR) is 136 cm³/mol. The van der Waals surface area contributed by atoms with E-state index in [0.29, 0.717) is 40.6 Å². The van der Waals surface area contributed by atoms with E-state index in [4.69, 9.17) is 11.6 Å². The maximum atomic E-state index is 13.5. The average molecular weight is 476 g/mol. The smallest absolute Gasteiger partial charge is 0.258 e. The molecule has 0 aliphatic carbocycles. The molecule has 34 heavy (non-hydrogen) atoms. The van der Waals surface area contributed by atoms with Crippen molar-refractivity contribution in [1.82, 2.24) is 15.1 Å². The van der Waals surface area contributed by atoms with Crippen molar-refractivity contribution in [2.45, 2.75) is 12.5 Å². The van der Waals surface area contributed by atoms with Gasteiger partial charge >= 0.3 is 0 Å². The first-order chi connectivity index (χ1) is 16.4. The summed E-state index contributed by atoms with van der Waals surface area (Å²) >= 11 is 6.16. The van der Waals surface area contributed by atoms with Crippen molar-refractivity contribution in [1.29, 1.82) is 0 Å². The van der Waals surface area contributed by atoms with Gasteiger partial charge in [-0.3, -0.25) is 14.6 Å². The molecule has 5 rings (SSSR count). The van der Waals surface area contributed by atoms with Crippen molar-refractivity contribution < 1.29 is 9.59 Å². The molecule has 0 radical (unpaired) electrons. The summed E-state index contributed by atoms with van der Waals surface area (Å²) in [7, 11) is 2.06. The number of anilines is 1. The zero-order valence-electron chi connectivity index (χ0n) is 19.1. The Labute approximate surface area is 203 Å². The third-order valence-electron chi connectivity index (χ3n) is 6.54. The van der Waals surface area contributed by atoms with Crippen LogP contribution in [-0.4, -0.2) is 66.6 Å². The minimum Gasteiger partial charge on any atom is -0.370 e. The first-order valence-electron chi connectivity index (χ1n) is 11.3. The van der Waals surface area contributed by atoms with E-state index in [1.54, 1.807) is 24.5 Å². The fraction of sp³-hybridized carbons (Fsp3) is 0.269. The summed E-state index contributed by atoms with van der Waals surface area (Å²) in [5.74, 6) is -0.265. The molecule has 3 aliphatic heterocycles. The number of amides is 2. The Kier molecular flexibility index (Phi) is 5.75. The molecule has 2 aromatic carbocycles. The van der Waals surface area contributed by atoms with E-state index in [9.17, 15) is 9.59 Å². The normalized spacial score (nSPS) is 23.4. The molecule has 3 heterocycles. The van der Waals surface area contributed by atoms with Gasteiger partial charge in [-0.05, 0) is 31.7 Å². The summed E-state index contributed by atoms with van der Waals surface area (Å²) in [6.45, 7) is 4.94. The second-order valence-electron chi connectivity index (χ2n) is 9.00. The standard InChI is InChI=1S/C26H26ClN5O2/c1-26(16-28-15-20(26)25(34)32-12-10-31(2)11-13-32)30-23(17-6-4-3-5-7-17)22-19-9-8-18(27)14-21(19)29-24(22)33/h3-9,14-16,30H,10-13H2,1-2H3,(H,29,33)/b23-22-. The molecule has 1 saturated heterocycles. The minimum atomic E-state index is -0.881. The van der Waals surface area contributed by atoms with Gasteiger partial charge in [0.2, 0.25) is 0 Å². The molecule has 1 unspecified atom stereocenters. The van der Waals surface area contributed by atoms with E-state index in [1.807, 2.05) is 48.2 Å². The lowest BCUT2D eigenvalue weighted by molar-refractivity contribution is -0.129. The molecule has 3 aliphatic rings. The average Bonchev–Trinajstić information content (AvgIpc) is 3.36. The molecule has 1 fully saturated rings. The van der Waals surface area contributed by atoms with Gasteiger partial charge in [-0.25, -0.2) is 0 Å². The molecular weight excluding hydrogens is 450 g/mol. The Balaban J connectivity index is 1.55. The first-order valence-corrected chi connectivity index (χ1v) is 11.7. The SMILES string of the molecule is CN1CCN(C(=O)C2=CN=CC2(C)N/C(=C2\C(=O)Nc3cc(Cl)ccc32)c2ccccc2)CC1. The Morgan fingerprint density at radius 1 is 1.12 bits per heavy atom. The number of nitrogens with one attached hydrogen (secondary N) is 2. The van der Waals surface area contributed by atoms with Crippen LogP contribution < -0.4 is 10.6 Å². The van der Waals surface area contributed by atoms with Crippen LogP contribution in [0.3, 0.4) is 0 Å². The van der Waals surface area contributed by atoms with Gasteiger partial charge in [0.1, 0.15) is 5.54 Å². The molecule has 0 bridgehead atoms. The molecule has 0 aromatic heterocycles. The van der Waals surface area contributed by atoms with Gasteiger partial charge in [0.05, 0.1) is 22.5 Å². The highest BCUT2D eigenvalue weighted by Gasteiger charge is 2.40. The lowest BCUT2D eigenvalue weighted by Gasteiger charge is -2.36. The Bertz CT molecular complexity index is 1250. The van der Waals surface area contributed by atoms with Crippen LogP contribution in [0.4, 0.5) is 5.69 Å². The highest BCUT2D eigenvalue weighted by molar-refractivity contribution is 6.38. The zero-order valence-corrected chi connectivity index (χ0v) is 19.9. The topological polar surface area (TPSA) is 77.0 Å². The Morgan fingerprint density at radius 2 is 1.85 bits per heavy atom. The molecule has 174 valence electrons. The number of hydrogen-bond acceptors (Lipinski definition) is 5. The molecule has 8 heteroatoms. The fourth-order valence-electron chi connectivity index (χ4n) is 4.56. The molecule has 2 amide bonds. The van der Waals surface area contributed by atoms with Gasteiger partial charge < -0.3 is 20.4 Å². The number of likely N-dealkylation sites (N-methyl/N-ethyl adjacent to an activating group) is 1. The van der Waals surface area contributed by atoms with Gasteiger partial charge in [-0.2, -0.15) is 0 Å². The third-order valence-corrected chi connectivity index (χ3v) is 6.78. The Morgan fingerprint density at radius 3 is 2.59 bits per heavy atom. The predicted octanol–water partition coefficient (Wildman–Crippen LogP) is 3.25. The third kappa shape index (κ3) is 4.02. The largest absolute Gasteiger partial charge is 0.370 e. The number of halogens is 1. The maximum absolute atomic E-state index is 13.5. The fourth-order valence-corrected chi connectivity index (χ4v) is 4.73. The number of carbonyl (C=O) groups is 2. The summed E-state index contributed by atoms with van der Waals surface area (Å²) in [4.78, 5) is 35.0. The van der Waals surface area contributed by atoms with Crippen LogP contribution in [0.2, 0.25) is 5.02 Å². The van der Waals surface area contributed by atoms with Crippen molar-refractivity contribution in [3.8, 4) is 0 Å². The summed E-state index contributed by atoms with van der Waals surface area (Å²) < 4.78 is 0. The molecule has 1 atom stereocenters. The van der Waals surface area contributed by atoms with Crippen LogP contribution in [0.1, 0.15) is 18.1 Å².